The maximum absolute atomic E-state index is 3.56. The fourth-order valence-electron chi connectivity index (χ4n) is 4.39. The molecule has 132 valence electrons. The van der Waals surface area contributed by atoms with Crippen molar-refractivity contribution in [3.8, 4) is 11.1 Å². The van der Waals surface area contributed by atoms with Crippen molar-refractivity contribution in [2.75, 3.05) is 5.32 Å². The van der Waals surface area contributed by atoms with E-state index in [1.54, 1.807) is 0 Å². The highest BCUT2D eigenvalue weighted by Crippen LogP contribution is 2.51. The molecule has 5 rings (SSSR count). The molecule has 0 saturated heterocycles. The number of benzene rings is 4. The zero-order chi connectivity index (χ0) is 18.6. The average Bonchev–Trinajstić information content (AvgIpc) is 2.91. The van der Waals surface area contributed by atoms with E-state index in [9.17, 15) is 0 Å². The van der Waals surface area contributed by atoms with E-state index in [-0.39, 0.29) is 5.41 Å². The highest BCUT2D eigenvalue weighted by molar-refractivity contribution is 6.02. The highest BCUT2D eigenvalue weighted by atomic mass is 14.9. The van der Waals surface area contributed by atoms with Crippen LogP contribution in [0.15, 0.2) is 78.9 Å². The van der Waals surface area contributed by atoms with Gasteiger partial charge in [0.1, 0.15) is 0 Å². The summed E-state index contributed by atoms with van der Waals surface area (Å²) in [5, 5.41) is 6.22. The lowest BCUT2D eigenvalue weighted by atomic mass is 9.82. The van der Waals surface area contributed by atoms with E-state index >= 15 is 0 Å². The Morgan fingerprint density at radius 1 is 0.704 bits per heavy atom. The van der Waals surface area contributed by atoms with Crippen molar-refractivity contribution < 1.29 is 0 Å². The van der Waals surface area contributed by atoms with Crippen LogP contribution in [0.25, 0.3) is 21.9 Å². The molecular formula is C26H23N. The van der Waals surface area contributed by atoms with Crippen molar-refractivity contribution in [2.24, 2.45) is 0 Å². The minimum atomic E-state index is -0.000333. The van der Waals surface area contributed by atoms with Gasteiger partial charge >= 0.3 is 0 Å². The third kappa shape index (κ3) is 2.46. The van der Waals surface area contributed by atoms with Crippen LogP contribution < -0.4 is 5.32 Å². The molecule has 0 spiro atoms. The predicted molar refractivity (Wildman–Crippen MR) is 116 cm³/mol. The zero-order valence-electron chi connectivity index (χ0n) is 16.0. The second-order valence-corrected chi connectivity index (χ2v) is 8.09. The third-order valence-electron chi connectivity index (χ3n) is 5.90. The molecule has 4 aromatic rings. The van der Waals surface area contributed by atoms with Gasteiger partial charge in [-0.15, -0.1) is 0 Å². The van der Waals surface area contributed by atoms with Crippen molar-refractivity contribution in [2.45, 2.75) is 26.2 Å². The Morgan fingerprint density at radius 3 is 2.26 bits per heavy atom. The normalized spacial score (nSPS) is 14.0. The first-order chi connectivity index (χ1) is 13.0. The van der Waals surface area contributed by atoms with Crippen LogP contribution in [0.1, 0.15) is 30.5 Å². The summed E-state index contributed by atoms with van der Waals surface area (Å²) in [6.45, 7) is 6.79. The molecule has 1 heteroatoms. The van der Waals surface area contributed by atoms with Gasteiger partial charge in [-0.05, 0) is 64.2 Å². The minimum absolute atomic E-state index is 0.000333. The molecule has 1 N–H and O–H groups in total. The van der Waals surface area contributed by atoms with E-state index < -0.39 is 0 Å². The van der Waals surface area contributed by atoms with Crippen molar-refractivity contribution in [1.82, 2.24) is 0 Å². The molecule has 1 aliphatic carbocycles. The second-order valence-electron chi connectivity index (χ2n) is 8.09. The maximum Gasteiger partial charge on any atom is 0.0387 e. The smallest absolute Gasteiger partial charge is 0.0387 e. The Hall–Kier alpha value is -3.06. The van der Waals surface area contributed by atoms with Gasteiger partial charge in [-0.2, -0.15) is 0 Å². The summed E-state index contributed by atoms with van der Waals surface area (Å²) >= 11 is 0. The van der Waals surface area contributed by atoms with Crippen LogP contribution in [0, 0.1) is 6.92 Å². The Bertz CT molecular complexity index is 1170. The molecule has 1 nitrogen and oxygen atoms in total. The molecule has 0 fully saturated rings. The number of fused-ring (bicyclic) bond motifs is 5. The predicted octanol–water partition coefficient (Wildman–Crippen LogP) is 7.20. The van der Waals surface area contributed by atoms with Crippen molar-refractivity contribution in [3.05, 3.63) is 95.6 Å². The summed E-state index contributed by atoms with van der Waals surface area (Å²) < 4.78 is 0. The quantitative estimate of drug-likeness (QED) is 0.403. The van der Waals surface area contributed by atoms with Crippen LogP contribution in [0.2, 0.25) is 0 Å². The fourth-order valence-corrected chi connectivity index (χ4v) is 4.39. The van der Waals surface area contributed by atoms with E-state index in [0.717, 1.165) is 11.4 Å². The molecule has 27 heavy (non-hydrogen) atoms. The molecule has 0 atom stereocenters. The van der Waals surface area contributed by atoms with Gasteiger partial charge in [-0.25, -0.2) is 0 Å². The van der Waals surface area contributed by atoms with Crippen molar-refractivity contribution in [1.29, 1.82) is 0 Å². The van der Waals surface area contributed by atoms with E-state index in [1.807, 2.05) is 0 Å². The largest absolute Gasteiger partial charge is 0.356 e. The van der Waals surface area contributed by atoms with E-state index in [0.29, 0.717) is 0 Å². The molecule has 0 aliphatic heterocycles. The Kier molecular flexibility index (Phi) is 3.42. The Balaban J connectivity index is 1.65. The molecular weight excluding hydrogens is 326 g/mol. The zero-order valence-corrected chi connectivity index (χ0v) is 16.0. The van der Waals surface area contributed by atoms with E-state index in [1.165, 1.54) is 38.6 Å². The van der Waals surface area contributed by atoms with Crippen LogP contribution >= 0.6 is 0 Å². The van der Waals surface area contributed by atoms with E-state index in [2.05, 4.69) is 105 Å². The molecule has 0 heterocycles. The summed E-state index contributed by atoms with van der Waals surface area (Å²) in [6.07, 6.45) is 0. The van der Waals surface area contributed by atoms with Crippen molar-refractivity contribution >= 4 is 22.1 Å². The summed E-state index contributed by atoms with van der Waals surface area (Å²) in [7, 11) is 0. The number of hydrogen-bond donors (Lipinski definition) is 1. The van der Waals surface area contributed by atoms with Crippen LogP contribution in [0.4, 0.5) is 11.4 Å². The molecule has 0 unspecified atom stereocenters. The lowest BCUT2D eigenvalue weighted by Gasteiger charge is -2.22. The highest BCUT2D eigenvalue weighted by Gasteiger charge is 2.36. The SMILES string of the molecule is Cc1ccc(Nc2ccc3c(c2)C(C)(C)c2ccc4ccccc4c2-3)cc1. The summed E-state index contributed by atoms with van der Waals surface area (Å²) in [4.78, 5) is 0. The number of nitrogens with one attached hydrogen (secondary N) is 1. The van der Waals surface area contributed by atoms with Gasteiger partial charge in [0, 0.05) is 16.8 Å². The fraction of sp³-hybridized carbons (Fsp3) is 0.154. The van der Waals surface area contributed by atoms with Gasteiger partial charge < -0.3 is 5.32 Å². The number of anilines is 2. The standard InChI is InChI=1S/C26H23N/c1-17-8-11-19(12-9-17)27-20-13-14-22-24(16-20)26(2,3)23-15-10-18-6-4-5-7-21(18)25(22)23/h4-16,27H,1-3H3. The number of aryl methyl sites for hydroxylation is 1. The molecule has 0 saturated carbocycles. The van der Waals surface area contributed by atoms with Crippen LogP contribution in [0.5, 0.6) is 0 Å². The first-order valence-corrected chi connectivity index (χ1v) is 9.55. The number of rotatable bonds is 2. The first kappa shape index (κ1) is 16.1. The van der Waals surface area contributed by atoms with Gasteiger partial charge in [0.15, 0.2) is 0 Å². The maximum atomic E-state index is 3.56. The molecule has 0 radical (unpaired) electrons. The summed E-state index contributed by atoms with van der Waals surface area (Å²) in [5.74, 6) is 0. The monoisotopic (exact) mass is 349 g/mol. The molecule has 0 aromatic heterocycles. The van der Waals surface area contributed by atoms with Crippen LogP contribution in [-0.4, -0.2) is 0 Å². The summed E-state index contributed by atoms with van der Waals surface area (Å²) in [6, 6.07) is 28.6. The van der Waals surface area contributed by atoms with Gasteiger partial charge in [0.2, 0.25) is 0 Å². The van der Waals surface area contributed by atoms with Crippen LogP contribution in [-0.2, 0) is 5.41 Å². The van der Waals surface area contributed by atoms with Gasteiger partial charge in [-0.1, -0.05) is 74.0 Å². The molecule has 1 aliphatic rings. The van der Waals surface area contributed by atoms with Gasteiger partial charge in [-0.3, -0.25) is 0 Å². The third-order valence-corrected chi connectivity index (χ3v) is 5.90. The topological polar surface area (TPSA) is 12.0 Å². The van der Waals surface area contributed by atoms with E-state index in [4.69, 9.17) is 0 Å². The second kappa shape index (κ2) is 5.72. The molecule has 0 bridgehead atoms. The van der Waals surface area contributed by atoms with Gasteiger partial charge in [0.05, 0.1) is 0 Å². The Labute approximate surface area is 160 Å². The lowest BCUT2D eigenvalue weighted by molar-refractivity contribution is 0.661. The average molecular weight is 349 g/mol. The van der Waals surface area contributed by atoms with Crippen molar-refractivity contribution in [3.63, 3.8) is 0 Å². The summed E-state index contributed by atoms with van der Waals surface area (Å²) in [5.41, 5.74) is 9.12. The molecule has 4 aromatic carbocycles. The van der Waals surface area contributed by atoms with Crippen LogP contribution in [0.3, 0.4) is 0 Å². The molecule has 0 amide bonds. The lowest BCUT2D eigenvalue weighted by Crippen LogP contribution is -2.15. The Morgan fingerprint density at radius 2 is 1.44 bits per heavy atom. The number of hydrogen-bond acceptors (Lipinski definition) is 1. The van der Waals surface area contributed by atoms with Gasteiger partial charge in [0.25, 0.3) is 0 Å². The first-order valence-electron chi connectivity index (χ1n) is 9.55. The minimum Gasteiger partial charge on any atom is -0.356 e.